The Morgan fingerprint density at radius 1 is 1.14 bits per heavy atom. The molecule has 7 nitrogen and oxygen atoms in total. The van der Waals surface area contributed by atoms with Crippen molar-refractivity contribution in [3.05, 3.63) is 65.4 Å². The SMILES string of the molecule is COc1ccc(S(=O)(=O)NCCc2csc3nc(-c4ccc(F)cc4)nn23)cc1. The van der Waals surface area contributed by atoms with E-state index in [2.05, 4.69) is 14.8 Å². The molecule has 0 aliphatic heterocycles. The van der Waals surface area contributed by atoms with E-state index in [9.17, 15) is 12.8 Å². The fraction of sp³-hybridized carbons (Fsp3) is 0.158. The summed E-state index contributed by atoms with van der Waals surface area (Å²) < 4.78 is 47.3. The average Bonchev–Trinajstić information content (AvgIpc) is 3.30. The number of benzene rings is 2. The second kappa shape index (κ2) is 7.90. The van der Waals surface area contributed by atoms with Crippen LogP contribution in [0.25, 0.3) is 16.3 Å². The van der Waals surface area contributed by atoms with Crippen molar-refractivity contribution in [2.45, 2.75) is 11.3 Å². The zero-order valence-corrected chi connectivity index (χ0v) is 17.0. The second-order valence-corrected chi connectivity index (χ2v) is 8.79. The quantitative estimate of drug-likeness (QED) is 0.485. The van der Waals surface area contributed by atoms with Crippen LogP contribution >= 0.6 is 11.3 Å². The topological polar surface area (TPSA) is 85.6 Å². The van der Waals surface area contributed by atoms with Crippen LogP contribution in [0.1, 0.15) is 5.69 Å². The summed E-state index contributed by atoms with van der Waals surface area (Å²) in [6, 6.07) is 12.2. The van der Waals surface area contributed by atoms with Gasteiger partial charge in [-0.3, -0.25) is 0 Å². The number of ether oxygens (including phenoxy) is 1. The molecule has 0 radical (unpaired) electrons. The predicted molar refractivity (Wildman–Crippen MR) is 108 cm³/mol. The molecule has 2 aromatic carbocycles. The lowest BCUT2D eigenvalue weighted by Gasteiger charge is -2.07. The lowest BCUT2D eigenvalue weighted by Crippen LogP contribution is -2.26. The van der Waals surface area contributed by atoms with Gasteiger partial charge in [0.25, 0.3) is 0 Å². The lowest BCUT2D eigenvalue weighted by atomic mass is 10.2. The molecule has 0 unspecified atom stereocenters. The first-order valence-electron chi connectivity index (χ1n) is 8.69. The number of thiazole rings is 1. The molecule has 0 atom stereocenters. The molecule has 0 amide bonds. The van der Waals surface area contributed by atoms with Crippen LogP contribution in [0, 0.1) is 5.82 Å². The van der Waals surface area contributed by atoms with Gasteiger partial charge >= 0.3 is 0 Å². The zero-order valence-electron chi connectivity index (χ0n) is 15.4. The Hall–Kier alpha value is -2.82. The number of halogens is 1. The van der Waals surface area contributed by atoms with Gasteiger partial charge in [0.1, 0.15) is 11.6 Å². The van der Waals surface area contributed by atoms with E-state index in [1.165, 1.54) is 42.7 Å². The number of hydrogen-bond donors (Lipinski definition) is 1. The highest BCUT2D eigenvalue weighted by atomic mass is 32.2. The molecule has 1 N–H and O–H groups in total. The van der Waals surface area contributed by atoms with E-state index in [0.29, 0.717) is 28.5 Å². The summed E-state index contributed by atoms with van der Waals surface area (Å²) >= 11 is 1.42. The van der Waals surface area contributed by atoms with E-state index in [1.54, 1.807) is 28.8 Å². The van der Waals surface area contributed by atoms with Gasteiger partial charge in [0.15, 0.2) is 5.82 Å². The minimum absolute atomic E-state index is 0.174. The molecule has 0 saturated heterocycles. The third kappa shape index (κ3) is 4.14. The van der Waals surface area contributed by atoms with Crippen molar-refractivity contribution >= 4 is 26.3 Å². The molecule has 0 saturated carbocycles. The molecule has 10 heteroatoms. The molecule has 0 fully saturated rings. The highest BCUT2D eigenvalue weighted by Gasteiger charge is 2.15. The van der Waals surface area contributed by atoms with Crippen LogP contribution in [0.4, 0.5) is 4.39 Å². The van der Waals surface area contributed by atoms with Crippen molar-refractivity contribution < 1.29 is 17.5 Å². The number of sulfonamides is 1. The van der Waals surface area contributed by atoms with Crippen molar-refractivity contribution in [1.29, 1.82) is 0 Å². The Kier molecular flexibility index (Phi) is 5.31. The summed E-state index contributed by atoms with van der Waals surface area (Å²) in [5, 5.41) is 6.36. The van der Waals surface area contributed by atoms with Crippen LogP contribution in [0.2, 0.25) is 0 Å². The molecule has 0 aliphatic rings. The van der Waals surface area contributed by atoms with Gasteiger partial charge in [-0.2, -0.15) is 4.98 Å². The Morgan fingerprint density at radius 3 is 2.55 bits per heavy atom. The molecule has 150 valence electrons. The van der Waals surface area contributed by atoms with Gasteiger partial charge in [-0.25, -0.2) is 22.0 Å². The van der Waals surface area contributed by atoms with Crippen LogP contribution in [0.5, 0.6) is 5.75 Å². The lowest BCUT2D eigenvalue weighted by molar-refractivity contribution is 0.414. The van der Waals surface area contributed by atoms with Crippen molar-refractivity contribution in [3.63, 3.8) is 0 Å². The molecular formula is C19H17FN4O3S2. The average molecular weight is 433 g/mol. The van der Waals surface area contributed by atoms with Gasteiger partial charge in [-0.05, 0) is 48.5 Å². The van der Waals surface area contributed by atoms with Gasteiger partial charge < -0.3 is 4.74 Å². The maximum atomic E-state index is 13.1. The van der Waals surface area contributed by atoms with E-state index >= 15 is 0 Å². The highest BCUT2D eigenvalue weighted by Crippen LogP contribution is 2.21. The maximum absolute atomic E-state index is 13.1. The van der Waals surface area contributed by atoms with Crippen LogP contribution in [-0.4, -0.2) is 36.7 Å². The van der Waals surface area contributed by atoms with E-state index in [-0.39, 0.29) is 17.3 Å². The van der Waals surface area contributed by atoms with Crippen LogP contribution in [-0.2, 0) is 16.4 Å². The zero-order chi connectivity index (χ0) is 20.4. The molecule has 0 spiro atoms. The number of aromatic nitrogens is 3. The van der Waals surface area contributed by atoms with Gasteiger partial charge in [-0.15, -0.1) is 16.4 Å². The predicted octanol–water partition coefficient (Wildman–Crippen LogP) is 3.13. The monoisotopic (exact) mass is 432 g/mol. The molecule has 2 heterocycles. The third-order valence-electron chi connectivity index (χ3n) is 4.30. The van der Waals surface area contributed by atoms with Crippen molar-refractivity contribution in [1.82, 2.24) is 19.3 Å². The molecule has 0 bridgehead atoms. The summed E-state index contributed by atoms with van der Waals surface area (Å²) in [6.07, 6.45) is 0.446. The Balaban J connectivity index is 1.46. The summed E-state index contributed by atoms with van der Waals surface area (Å²) in [5.74, 6) is 0.768. The van der Waals surface area contributed by atoms with Gasteiger partial charge in [-0.1, -0.05) is 0 Å². The van der Waals surface area contributed by atoms with E-state index in [1.807, 2.05) is 5.38 Å². The molecule has 4 aromatic rings. The summed E-state index contributed by atoms with van der Waals surface area (Å²) in [6.45, 7) is 0.214. The first-order valence-corrected chi connectivity index (χ1v) is 11.1. The fourth-order valence-corrected chi connectivity index (χ4v) is 4.66. The number of methoxy groups -OCH3 is 1. The van der Waals surface area contributed by atoms with Crippen LogP contribution in [0.15, 0.2) is 58.8 Å². The van der Waals surface area contributed by atoms with Crippen molar-refractivity contribution in [3.8, 4) is 17.1 Å². The van der Waals surface area contributed by atoms with Crippen LogP contribution in [0.3, 0.4) is 0 Å². The van der Waals surface area contributed by atoms with Gasteiger partial charge in [0.05, 0.1) is 17.7 Å². The first-order chi connectivity index (χ1) is 14.0. The maximum Gasteiger partial charge on any atom is 0.240 e. The standard InChI is InChI=1S/C19H17FN4O3S2/c1-27-16-6-8-17(9-7-16)29(25,26)21-11-10-15-12-28-19-22-18(23-24(15)19)13-2-4-14(20)5-3-13/h2-9,12,21H,10-11H2,1H3. The number of rotatable bonds is 7. The van der Waals surface area contributed by atoms with Gasteiger partial charge in [0, 0.05) is 23.9 Å². The molecular weight excluding hydrogens is 415 g/mol. The van der Waals surface area contributed by atoms with E-state index in [0.717, 1.165) is 5.69 Å². The third-order valence-corrected chi connectivity index (χ3v) is 6.64. The molecule has 4 rings (SSSR count). The Morgan fingerprint density at radius 2 is 1.86 bits per heavy atom. The normalized spacial score (nSPS) is 11.8. The Bertz CT molecular complexity index is 1230. The fourth-order valence-electron chi connectivity index (χ4n) is 2.77. The Labute approximate surface area is 170 Å². The van der Waals surface area contributed by atoms with Crippen LogP contribution < -0.4 is 9.46 Å². The summed E-state index contributed by atoms with van der Waals surface area (Å²) in [4.78, 5) is 5.32. The minimum atomic E-state index is -3.62. The van der Waals surface area contributed by atoms with Crippen molar-refractivity contribution in [2.75, 3.05) is 13.7 Å². The first kappa shape index (κ1) is 19.5. The highest BCUT2D eigenvalue weighted by molar-refractivity contribution is 7.89. The number of hydrogen-bond acceptors (Lipinski definition) is 6. The van der Waals surface area contributed by atoms with Gasteiger partial charge in [0.2, 0.25) is 15.0 Å². The second-order valence-electron chi connectivity index (χ2n) is 6.19. The number of nitrogens with zero attached hydrogens (tertiary/aromatic N) is 3. The molecule has 2 aromatic heterocycles. The number of fused-ring (bicyclic) bond motifs is 1. The summed E-state index contributed by atoms with van der Waals surface area (Å²) in [7, 11) is -2.09. The van der Waals surface area contributed by atoms with Crippen molar-refractivity contribution in [2.24, 2.45) is 0 Å². The van der Waals surface area contributed by atoms with E-state index < -0.39 is 10.0 Å². The molecule has 29 heavy (non-hydrogen) atoms. The smallest absolute Gasteiger partial charge is 0.240 e. The molecule has 0 aliphatic carbocycles. The minimum Gasteiger partial charge on any atom is -0.497 e. The number of nitrogens with one attached hydrogen (secondary N) is 1. The largest absolute Gasteiger partial charge is 0.497 e. The summed E-state index contributed by atoms with van der Waals surface area (Å²) in [5.41, 5.74) is 1.55. The van der Waals surface area contributed by atoms with E-state index in [4.69, 9.17) is 4.74 Å².